The van der Waals surface area contributed by atoms with Crippen LogP contribution in [0.2, 0.25) is 0 Å². The maximum atomic E-state index is 12.5. The maximum Gasteiger partial charge on any atom is 0.225 e. The number of amides is 1. The fourth-order valence-corrected chi connectivity index (χ4v) is 3.27. The van der Waals surface area contributed by atoms with Gasteiger partial charge in [0, 0.05) is 25.0 Å². The molecule has 2 rings (SSSR count). The third-order valence-electron chi connectivity index (χ3n) is 4.62. The number of hydrogen-bond acceptors (Lipinski definition) is 2. The minimum atomic E-state index is 0.239. The van der Waals surface area contributed by atoms with Crippen molar-refractivity contribution in [2.24, 2.45) is 23.5 Å². The SMILES string of the molecule is CC1CCN(C(=O)C2CCC(N)CC2C)CC1. The van der Waals surface area contributed by atoms with Crippen LogP contribution < -0.4 is 5.73 Å². The zero-order valence-corrected chi connectivity index (χ0v) is 11.2. The number of carbonyl (C=O) groups excluding carboxylic acids is 1. The second-order valence-electron chi connectivity index (χ2n) is 6.16. The van der Waals surface area contributed by atoms with Crippen LogP contribution in [-0.4, -0.2) is 29.9 Å². The minimum absolute atomic E-state index is 0.239. The Kier molecular flexibility index (Phi) is 4.08. The molecule has 2 fully saturated rings. The summed E-state index contributed by atoms with van der Waals surface area (Å²) in [7, 11) is 0. The molecule has 2 aliphatic rings. The predicted octanol–water partition coefficient (Wildman–Crippen LogP) is 2.01. The number of carbonyl (C=O) groups is 1. The lowest BCUT2D eigenvalue weighted by atomic mass is 9.77. The van der Waals surface area contributed by atoms with Crippen LogP contribution in [0.3, 0.4) is 0 Å². The van der Waals surface area contributed by atoms with Gasteiger partial charge >= 0.3 is 0 Å². The minimum Gasteiger partial charge on any atom is -0.342 e. The fourth-order valence-electron chi connectivity index (χ4n) is 3.27. The third kappa shape index (κ3) is 3.01. The highest BCUT2D eigenvalue weighted by Gasteiger charge is 2.34. The quantitative estimate of drug-likeness (QED) is 0.759. The molecular weight excluding hydrogens is 212 g/mol. The van der Waals surface area contributed by atoms with E-state index in [1.54, 1.807) is 0 Å². The molecule has 3 atom stereocenters. The highest BCUT2D eigenvalue weighted by molar-refractivity contribution is 5.79. The van der Waals surface area contributed by atoms with E-state index in [9.17, 15) is 4.79 Å². The topological polar surface area (TPSA) is 46.3 Å². The first-order chi connectivity index (χ1) is 8.08. The van der Waals surface area contributed by atoms with Crippen LogP contribution in [0.4, 0.5) is 0 Å². The number of nitrogens with zero attached hydrogens (tertiary/aromatic N) is 1. The summed E-state index contributed by atoms with van der Waals surface area (Å²) in [6, 6.07) is 0.315. The number of hydrogen-bond donors (Lipinski definition) is 1. The Bertz CT molecular complexity index is 271. The molecule has 0 aromatic rings. The molecule has 0 aromatic carbocycles. The van der Waals surface area contributed by atoms with Crippen LogP contribution in [0.1, 0.15) is 46.0 Å². The Morgan fingerprint density at radius 3 is 2.35 bits per heavy atom. The van der Waals surface area contributed by atoms with Crippen LogP contribution >= 0.6 is 0 Å². The summed E-state index contributed by atoms with van der Waals surface area (Å²) in [6.45, 7) is 6.41. The molecule has 0 radical (unpaired) electrons. The molecule has 0 aromatic heterocycles. The van der Waals surface area contributed by atoms with Gasteiger partial charge in [-0.15, -0.1) is 0 Å². The van der Waals surface area contributed by atoms with Crippen molar-refractivity contribution in [1.82, 2.24) is 4.90 Å². The zero-order chi connectivity index (χ0) is 12.4. The molecule has 3 nitrogen and oxygen atoms in total. The Balaban J connectivity index is 1.91. The zero-order valence-electron chi connectivity index (χ0n) is 11.2. The third-order valence-corrected chi connectivity index (χ3v) is 4.62. The van der Waals surface area contributed by atoms with Crippen molar-refractivity contribution in [3.05, 3.63) is 0 Å². The van der Waals surface area contributed by atoms with Gasteiger partial charge in [0.25, 0.3) is 0 Å². The number of likely N-dealkylation sites (tertiary alicyclic amines) is 1. The lowest BCUT2D eigenvalue weighted by Crippen LogP contribution is -2.45. The molecule has 17 heavy (non-hydrogen) atoms. The van der Waals surface area contributed by atoms with E-state index < -0.39 is 0 Å². The summed E-state index contributed by atoms with van der Waals surface area (Å²) >= 11 is 0. The summed E-state index contributed by atoms with van der Waals surface area (Å²) in [5.74, 6) is 1.89. The van der Waals surface area contributed by atoms with Gasteiger partial charge in [-0.2, -0.15) is 0 Å². The van der Waals surface area contributed by atoms with E-state index >= 15 is 0 Å². The average molecular weight is 238 g/mol. The molecule has 1 aliphatic carbocycles. The summed E-state index contributed by atoms with van der Waals surface area (Å²) in [5, 5.41) is 0. The van der Waals surface area contributed by atoms with Crippen molar-refractivity contribution >= 4 is 5.91 Å². The molecule has 98 valence electrons. The van der Waals surface area contributed by atoms with Gasteiger partial charge in [0.1, 0.15) is 0 Å². The van der Waals surface area contributed by atoms with Gasteiger partial charge in [-0.1, -0.05) is 13.8 Å². The second kappa shape index (κ2) is 5.38. The van der Waals surface area contributed by atoms with E-state index in [2.05, 4.69) is 18.7 Å². The van der Waals surface area contributed by atoms with Crippen LogP contribution in [0.5, 0.6) is 0 Å². The summed E-state index contributed by atoms with van der Waals surface area (Å²) < 4.78 is 0. The van der Waals surface area contributed by atoms with E-state index in [-0.39, 0.29) is 5.92 Å². The lowest BCUT2D eigenvalue weighted by molar-refractivity contribution is -0.139. The molecule has 1 heterocycles. The van der Waals surface area contributed by atoms with E-state index in [4.69, 9.17) is 5.73 Å². The van der Waals surface area contributed by atoms with Gasteiger partial charge in [-0.05, 0) is 43.9 Å². The molecule has 3 unspecified atom stereocenters. The molecule has 0 bridgehead atoms. The Labute approximate surface area is 105 Å². The van der Waals surface area contributed by atoms with Gasteiger partial charge in [-0.25, -0.2) is 0 Å². The van der Waals surface area contributed by atoms with Crippen molar-refractivity contribution in [3.8, 4) is 0 Å². The normalized spacial score (nSPS) is 35.9. The van der Waals surface area contributed by atoms with Gasteiger partial charge in [0.15, 0.2) is 0 Å². The smallest absolute Gasteiger partial charge is 0.225 e. The van der Waals surface area contributed by atoms with E-state index in [1.807, 2.05) is 0 Å². The molecule has 0 spiro atoms. The van der Waals surface area contributed by atoms with Crippen LogP contribution in [0, 0.1) is 17.8 Å². The molecule has 2 N–H and O–H groups in total. The highest BCUT2D eigenvalue weighted by Crippen LogP contribution is 2.31. The number of piperidine rings is 1. The van der Waals surface area contributed by atoms with Crippen molar-refractivity contribution in [2.75, 3.05) is 13.1 Å². The standard InChI is InChI=1S/C14H26N2O/c1-10-5-7-16(8-6-10)14(17)13-4-3-12(15)9-11(13)2/h10-13H,3-9,15H2,1-2H3. The van der Waals surface area contributed by atoms with Gasteiger partial charge in [0.05, 0.1) is 0 Å². The number of rotatable bonds is 1. The van der Waals surface area contributed by atoms with Crippen molar-refractivity contribution in [3.63, 3.8) is 0 Å². The van der Waals surface area contributed by atoms with E-state index in [0.717, 1.165) is 38.3 Å². The van der Waals surface area contributed by atoms with Gasteiger partial charge in [-0.3, -0.25) is 4.79 Å². The van der Waals surface area contributed by atoms with E-state index in [0.29, 0.717) is 17.9 Å². The predicted molar refractivity (Wildman–Crippen MR) is 69.5 cm³/mol. The molecular formula is C14H26N2O. The summed E-state index contributed by atoms with van der Waals surface area (Å²) in [5.41, 5.74) is 5.96. The van der Waals surface area contributed by atoms with Crippen molar-refractivity contribution < 1.29 is 4.79 Å². The Hall–Kier alpha value is -0.570. The molecule has 1 amide bonds. The van der Waals surface area contributed by atoms with Crippen LogP contribution in [0.15, 0.2) is 0 Å². The average Bonchev–Trinajstić information content (AvgIpc) is 2.29. The molecule has 1 aliphatic heterocycles. The van der Waals surface area contributed by atoms with Crippen molar-refractivity contribution in [1.29, 1.82) is 0 Å². The lowest BCUT2D eigenvalue weighted by Gasteiger charge is -2.37. The van der Waals surface area contributed by atoms with Crippen LogP contribution in [-0.2, 0) is 4.79 Å². The number of nitrogens with two attached hydrogens (primary N) is 1. The first-order valence-electron chi connectivity index (χ1n) is 7.12. The molecule has 3 heteroatoms. The Morgan fingerprint density at radius 2 is 1.76 bits per heavy atom. The first kappa shape index (κ1) is 12.9. The van der Waals surface area contributed by atoms with E-state index in [1.165, 1.54) is 12.8 Å². The van der Waals surface area contributed by atoms with Gasteiger partial charge < -0.3 is 10.6 Å². The second-order valence-corrected chi connectivity index (χ2v) is 6.16. The molecule has 1 saturated heterocycles. The molecule has 1 saturated carbocycles. The van der Waals surface area contributed by atoms with Crippen molar-refractivity contribution in [2.45, 2.75) is 52.0 Å². The monoisotopic (exact) mass is 238 g/mol. The van der Waals surface area contributed by atoms with Gasteiger partial charge in [0.2, 0.25) is 5.91 Å². The summed E-state index contributed by atoms with van der Waals surface area (Å²) in [6.07, 6.45) is 5.37. The first-order valence-corrected chi connectivity index (χ1v) is 7.12. The fraction of sp³-hybridized carbons (Fsp3) is 0.929. The highest BCUT2D eigenvalue weighted by atomic mass is 16.2. The van der Waals surface area contributed by atoms with Crippen LogP contribution in [0.25, 0.3) is 0 Å². The summed E-state index contributed by atoms with van der Waals surface area (Å²) in [4.78, 5) is 14.6. The Morgan fingerprint density at radius 1 is 1.12 bits per heavy atom. The maximum absolute atomic E-state index is 12.5. The largest absolute Gasteiger partial charge is 0.342 e.